The molecule has 0 atom stereocenters. The van der Waals surface area contributed by atoms with E-state index in [0.29, 0.717) is 47.9 Å². The number of anilines is 1. The summed E-state index contributed by atoms with van der Waals surface area (Å²) in [6.45, 7) is 5.83. The number of amides is 1. The highest BCUT2D eigenvalue weighted by molar-refractivity contribution is 7.92. The van der Waals surface area contributed by atoms with Crippen LogP contribution >= 0.6 is 0 Å². The fourth-order valence-corrected chi connectivity index (χ4v) is 3.91. The molecule has 0 spiro atoms. The summed E-state index contributed by atoms with van der Waals surface area (Å²) in [5.41, 5.74) is 2.50. The molecule has 1 heterocycles. The third-order valence-electron chi connectivity index (χ3n) is 4.49. The summed E-state index contributed by atoms with van der Waals surface area (Å²) in [5.74, 6) is 0.761. The van der Waals surface area contributed by atoms with E-state index in [1.54, 1.807) is 32.0 Å². The first-order valence-corrected chi connectivity index (χ1v) is 11.0. The topological polar surface area (TPSA) is 114 Å². The number of nitrogens with zero attached hydrogens (tertiary/aromatic N) is 2. The molecule has 0 radical (unpaired) electrons. The normalized spacial score (nSPS) is 11.3. The van der Waals surface area contributed by atoms with E-state index in [4.69, 9.17) is 4.52 Å². The zero-order valence-corrected chi connectivity index (χ0v) is 17.9. The minimum absolute atomic E-state index is 0.0279. The van der Waals surface area contributed by atoms with Crippen LogP contribution in [0.4, 0.5) is 5.69 Å². The fraction of sp³-hybridized carbons (Fsp3) is 0.286. The van der Waals surface area contributed by atoms with Gasteiger partial charge in [-0.25, -0.2) is 8.42 Å². The second-order valence-electron chi connectivity index (χ2n) is 7.04. The number of carbonyl (C=O) groups excluding carboxylic acids is 1. The Labute approximate surface area is 175 Å². The van der Waals surface area contributed by atoms with Gasteiger partial charge in [0.15, 0.2) is 5.82 Å². The van der Waals surface area contributed by atoms with Gasteiger partial charge in [-0.3, -0.25) is 9.52 Å². The Morgan fingerprint density at radius 1 is 1.07 bits per heavy atom. The van der Waals surface area contributed by atoms with Gasteiger partial charge in [-0.05, 0) is 57.0 Å². The molecule has 0 saturated heterocycles. The monoisotopic (exact) mass is 428 g/mol. The molecular formula is C21H24N4O4S. The second kappa shape index (κ2) is 9.08. The quantitative estimate of drug-likeness (QED) is 0.533. The molecule has 0 aliphatic heterocycles. The number of aryl methyl sites for hydroxylation is 4. The molecule has 0 unspecified atom stereocenters. The summed E-state index contributed by atoms with van der Waals surface area (Å²) in [6.07, 6.45) is 1.17. The maximum atomic E-state index is 12.7. The van der Waals surface area contributed by atoms with Gasteiger partial charge in [-0.2, -0.15) is 4.98 Å². The molecule has 0 saturated carbocycles. The van der Waals surface area contributed by atoms with Crippen molar-refractivity contribution >= 4 is 21.6 Å². The van der Waals surface area contributed by atoms with Crippen LogP contribution in [0.15, 0.2) is 51.9 Å². The largest absolute Gasteiger partial charge is 0.352 e. The summed E-state index contributed by atoms with van der Waals surface area (Å²) in [6, 6.07) is 11.5. The number of aromatic nitrogens is 2. The molecule has 8 nitrogen and oxygen atoms in total. The van der Waals surface area contributed by atoms with Gasteiger partial charge in [0.05, 0.1) is 4.90 Å². The number of rotatable bonds is 8. The van der Waals surface area contributed by atoms with Crippen LogP contribution < -0.4 is 10.0 Å². The highest BCUT2D eigenvalue weighted by Crippen LogP contribution is 2.20. The van der Waals surface area contributed by atoms with Gasteiger partial charge in [0.2, 0.25) is 5.89 Å². The van der Waals surface area contributed by atoms with Crippen LogP contribution in [0.3, 0.4) is 0 Å². The van der Waals surface area contributed by atoms with Crippen LogP contribution in [0.5, 0.6) is 0 Å². The van der Waals surface area contributed by atoms with E-state index in [2.05, 4.69) is 20.2 Å². The highest BCUT2D eigenvalue weighted by atomic mass is 32.2. The van der Waals surface area contributed by atoms with Crippen molar-refractivity contribution in [3.05, 3.63) is 70.9 Å². The van der Waals surface area contributed by atoms with Crippen LogP contribution in [0.2, 0.25) is 0 Å². The van der Waals surface area contributed by atoms with E-state index in [0.717, 1.165) is 5.56 Å². The summed E-state index contributed by atoms with van der Waals surface area (Å²) >= 11 is 0. The molecule has 158 valence electrons. The maximum absolute atomic E-state index is 12.7. The van der Waals surface area contributed by atoms with Gasteiger partial charge < -0.3 is 9.84 Å². The molecule has 2 aromatic carbocycles. The van der Waals surface area contributed by atoms with Crippen LogP contribution in [0.1, 0.15) is 39.6 Å². The van der Waals surface area contributed by atoms with Crippen molar-refractivity contribution in [2.75, 3.05) is 11.3 Å². The number of hydrogen-bond donors (Lipinski definition) is 2. The van der Waals surface area contributed by atoms with E-state index < -0.39 is 10.0 Å². The standard InChI is InChI=1S/C21H24N4O4S/c1-14-6-9-17(10-7-14)25-30(27,28)18-11-8-15(2)19(13-18)21(26)22-12-4-5-20-23-16(3)24-29-20/h6-11,13,25H,4-5,12H2,1-3H3,(H,22,26). The first-order chi connectivity index (χ1) is 14.2. The number of sulfonamides is 1. The van der Waals surface area contributed by atoms with E-state index >= 15 is 0 Å². The van der Waals surface area contributed by atoms with Crippen LogP contribution in [0, 0.1) is 20.8 Å². The molecule has 3 aromatic rings. The SMILES string of the molecule is Cc1ccc(NS(=O)(=O)c2ccc(C)c(C(=O)NCCCc3nc(C)no3)c2)cc1. The number of nitrogens with one attached hydrogen (secondary N) is 2. The number of carbonyl (C=O) groups is 1. The van der Waals surface area contributed by atoms with Gasteiger partial charge in [0.1, 0.15) is 0 Å². The third kappa shape index (κ3) is 5.44. The lowest BCUT2D eigenvalue weighted by atomic mass is 10.1. The van der Waals surface area contributed by atoms with Crippen molar-refractivity contribution in [2.24, 2.45) is 0 Å². The Morgan fingerprint density at radius 3 is 2.47 bits per heavy atom. The Morgan fingerprint density at radius 2 is 1.80 bits per heavy atom. The van der Waals surface area contributed by atoms with Crippen molar-refractivity contribution in [1.29, 1.82) is 0 Å². The molecule has 1 aromatic heterocycles. The third-order valence-corrected chi connectivity index (χ3v) is 5.87. The minimum atomic E-state index is -3.82. The molecule has 0 aliphatic rings. The summed E-state index contributed by atoms with van der Waals surface area (Å²) < 4.78 is 33.0. The molecule has 1 amide bonds. The molecule has 3 rings (SSSR count). The maximum Gasteiger partial charge on any atom is 0.261 e. The predicted octanol–water partition coefficient (Wildman–Crippen LogP) is 3.16. The van der Waals surface area contributed by atoms with Crippen molar-refractivity contribution in [3.63, 3.8) is 0 Å². The number of benzene rings is 2. The molecule has 0 aliphatic carbocycles. The van der Waals surface area contributed by atoms with Gasteiger partial charge >= 0.3 is 0 Å². The smallest absolute Gasteiger partial charge is 0.261 e. The fourth-order valence-electron chi connectivity index (χ4n) is 2.83. The van der Waals surface area contributed by atoms with E-state index in [9.17, 15) is 13.2 Å². The number of hydrogen-bond acceptors (Lipinski definition) is 6. The van der Waals surface area contributed by atoms with Crippen LogP contribution in [-0.2, 0) is 16.4 Å². The second-order valence-corrected chi connectivity index (χ2v) is 8.73. The molecule has 0 fully saturated rings. The van der Waals surface area contributed by atoms with E-state index in [1.165, 1.54) is 12.1 Å². The molecule has 9 heteroatoms. The van der Waals surface area contributed by atoms with Crippen molar-refractivity contribution < 1.29 is 17.7 Å². The summed E-state index contributed by atoms with van der Waals surface area (Å²) in [4.78, 5) is 16.7. The Bertz CT molecular complexity index is 1140. The first kappa shape index (κ1) is 21.5. The highest BCUT2D eigenvalue weighted by Gasteiger charge is 2.18. The lowest BCUT2D eigenvalue weighted by Crippen LogP contribution is -2.26. The van der Waals surface area contributed by atoms with Gasteiger partial charge in [0.25, 0.3) is 15.9 Å². The van der Waals surface area contributed by atoms with Crippen LogP contribution in [0.25, 0.3) is 0 Å². The van der Waals surface area contributed by atoms with Gasteiger partial charge in [0, 0.05) is 24.2 Å². The van der Waals surface area contributed by atoms with E-state index in [1.807, 2.05) is 19.1 Å². The zero-order chi connectivity index (χ0) is 21.7. The average Bonchev–Trinajstić information content (AvgIpc) is 3.12. The van der Waals surface area contributed by atoms with Crippen molar-refractivity contribution in [2.45, 2.75) is 38.5 Å². The lowest BCUT2D eigenvalue weighted by Gasteiger charge is -2.12. The minimum Gasteiger partial charge on any atom is -0.352 e. The first-order valence-electron chi connectivity index (χ1n) is 9.52. The Balaban J connectivity index is 1.65. The zero-order valence-electron chi connectivity index (χ0n) is 17.1. The molecule has 2 N–H and O–H groups in total. The van der Waals surface area contributed by atoms with Crippen molar-refractivity contribution in [3.8, 4) is 0 Å². The summed E-state index contributed by atoms with van der Waals surface area (Å²) in [5, 5.41) is 6.53. The molecular weight excluding hydrogens is 404 g/mol. The molecule has 0 bridgehead atoms. The van der Waals surface area contributed by atoms with Crippen LogP contribution in [-0.4, -0.2) is 31.0 Å². The average molecular weight is 429 g/mol. The summed E-state index contributed by atoms with van der Waals surface area (Å²) in [7, 11) is -3.82. The van der Waals surface area contributed by atoms with Gasteiger partial charge in [-0.15, -0.1) is 0 Å². The lowest BCUT2D eigenvalue weighted by molar-refractivity contribution is 0.0952. The Hall–Kier alpha value is -3.20. The Kier molecular flexibility index (Phi) is 6.51. The van der Waals surface area contributed by atoms with E-state index in [-0.39, 0.29) is 10.8 Å². The predicted molar refractivity (Wildman–Crippen MR) is 113 cm³/mol. The molecule has 30 heavy (non-hydrogen) atoms. The van der Waals surface area contributed by atoms with Gasteiger partial charge in [-0.1, -0.05) is 28.9 Å². The van der Waals surface area contributed by atoms with Crippen molar-refractivity contribution in [1.82, 2.24) is 15.5 Å².